The standard InChI is InChI=1S/C11H13NO4/c1-14-10-6-8(4-5-9(10)13)11(7-12,15-2)16-3/h4-6,13H,1-3H3. The van der Waals surface area contributed by atoms with Crippen LogP contribution in [0.4, 0.5) is 0 Å². The Kier molecular flexibility index (Phi) is 3.72. The summed E-state index contributed by atoms with van der Waals surface area (Å²) in [5.41, 5.74) is 0.453. The van der Waals surface area contributed by atoms with E-state index < -0.39 is 5.79 Å². The van der Waals surface area contributed by atoms with Crippen LogP contribution < -0.4 is 4.74 Å². The van der Waals surface area contributed by atoms with Crippen molar-refractivity contribution in [3.8, 4) is 17.6 Å². The summed E-state index contributed by atoms with van der Waals surface area (Å²) in [7, 11) is 4.16. The summed E-state index contributed by atoms with van der Waals surface area (Å²) in [5.74, 6) is -1.24. The maximum absolute atomic E-state index is 9.43. The molecule has 0 spiro atoms. The summed E-state index contributed by atoms with van der Waals surface area (Å²) in [6, 6.07) is 6.36. The summed E-state index contributed by atoms with van der Waals surface area (Å²) in [6.45, 7) is 0. The SMILES string of the molecule is COc1cc(C(C#N)(OC)OC)ccc1O. The van der Waals surface area contributed by atoms with Crippen LogP contribution in [0.2, 0.25) is 0 Å². The Bertz CT molecular complexity index is 407. The van der Waals surface area contributed by atoms with Gasteiger partial charge in [0.05, 0.1) is 7.11 Å². The van der Waals surface area contributed by atoms with Crippen LogP contribution in [0.1, 0.15) is 5.56 Å². The zero-order valence-corrected chi connectivity index (χ0v) is 9.35. The number of hydrogen-bond acceptors (Lipinski definition) is 5. The molecule has 1 aromatic carbocycles. The van der Waals surface area contributed by atoms with Crippen LogP contribution in [-0.2, 0) is 15.3 Å². The van der Waals surface area contributed by atoms with E-state index in [1.807, 2.05) is 6.07 Å². The number of phenolic OH excluding ortho intramolecular Hbond substituents is 1. The van der Waals surface area contributed by atoms with E-state index >= 15 is 0 Å². The lowest BCUT2D eigenvalue weighted by Crippen LogP contribution is -2.28. The molecule has 1 N–H and O–H groups in total. The van der Waals surface area contributed by atoms with E-state index in [2.05, 4.69) is 0 Å². The van der Waals surface area contributed by atoms with E-state index in [0.29, 0.717) is 5.56 Å². The molecule has 0 aliphatic heterocycles. The number of methoxy groups -OCH3 is 3. The van der Waals surface area contributed by atoms with E-state index in [1.54, 1.807) is 0 Å². The van der Waals surface area contributed by atoms with Crippen molar-refractivity contribution in [2.75, 3.05) is 21.3 Å². The van der Waals surface area contributed by atoms with Crippen LogP contribution in [0.3, 0.4) is 0 Å². The molecule has 0 fully saturated rings. The molecule has 0 amide bonds. The van der Waals surface area contributed by atoms with Gasteiger partial charge in [0.2, 0.25) is 0 Å². The molecule has 0 aliphatic rings. The molecule has 0 bridgehead atoms. The molecule has 5 nitrogen and oxygen atoms in total. The van der Waals surface area contributed by atoms with Gasteiger partial charge in [-0.2, -0.15) is 5.26 Å². The number of ether oxygens (including phenoxy) is 3. The average molecular weight is 223 g/mol. The second-order valence-electron chi connectivity index (χ2n) is 3.02. The molecule has 0 radical (unpaired) electrons. The van der Waals surface area contributed by atoms with Crippen molar-refractivity contribution in [1.82, 2.24) is 0 Å². The summed E-state index contributed by atoms with van der Waals surface area (Å²) in [6.07, 6.45) is 0. The molecular formula is C11H13NO4. The summed E-state index contributed by atoms with van der Waals surface area (Å²) in [4.78, 5) is 0. The third-order valence-electron chi connectivity index (χ3n) is 2.28. The molecule has 1 rings (SSSR count). The monoisotopic (exact) mass is 223 g/mol. The molecule has 0 saturated carbocycles. The minimum atomic E-state index is -1.49. The highest BCUT2D eigenvalue weighted by atomic mass is 16.7. The number of nitrogens with zero attached hydrogens (tertiary/aromatic N) is 1. The highest BCUT2D eigenvalue weighted by Gasteiger charge is 2.33. The second-order valence-corrected chi connectivity index (χ2v) is 3.02. The van der Waals surface area contributed by atoms with Crippen LogP contribution in [0.5, 0.6) is 11.5 Å². The van der Waals surface area contributed by atoms with Gasteiger partial charge in [0.15, 0.2) is 11.5 Å². The summed E-state index contributed by atoms with van der Waals surface area (Å²) in [5, 5.41) is 18.5. The van der Waals surface area contributed by atoms with Crippen LogP contribution in [0.25, 0.3) is 0 Å². The molecule has 0 saturated heterocycles. The predicted molar refractivity (Wildman–Crippen MR) is 56.0 cm³/mol. The molecule has 0 aromatic heterocycles. The lowest BCUT2D eigenvalue weighted by molar-refractivity contribution is -0.171. The lowest BCUT2D eigenvalue weighted by atomic mass is 10.1. The minimum Gasteiger partial charge on any atom is -0.504 e. The maximum atomic E-state index is 9.43. The van der Waals surface area contributed by atoms with E-state index in [1.165, 1.54) is 39.5 Å². The van der Waals surface area contributed by atoms with Crippen molar-refractivity contribution in [2.24, 2.45) is 0 Å². The molecule has 1 aromatic rings. The van der Waals surface area contributed by atoms with E-state index in [0.717, 1.165) is 0 Å². The third-order valence-corrected chi connectivity index (χ3v) is 2.28. The Labute approximate surface area is 93.8 Å². The zero-order valence-electron chi connectivity index (χ0n) is 9.35. The normalized spacial score (nSPS) is 10.9. The number of aromatic hydroxyl groups is 1. The first-order valence-electron chi connectivity index (χ1n) is 4.52. The van der Waals surface area contributed by atoms with Gasteiger partial charge >= 0.3 is 0 Å². The fourth-order valence-corrected chi connectivity index (χ4v) is 1.36. The van der Waals surface area contributed by atoms with E-state index in [4.69, 9.17) is 19.5 Å². The fraction of sp³-hybridized carbons (Fsp3) is 0.364. The van der Waals surface area contributed by atoms with Crippen LogP contribution in [0, 0.1) is 11.3 Å². The van der Waals surface area contributed by atoms with E-state index in [-0.39, 0.29) is 11.5 Å². The number of rotatable bonds is 4. The van der Waals surface area contributed by atoms with Crippen molar-refractivity contribution in [3.63, 3.8) is 0 Å². The van der Waals surface area contributed by atoms with Gasteiger partial charge < -0.3 is 19.3 Å². The van der Waals surface area contributed by atoms with Gasteiger partial charge in [0.1, 0.15) is 6.07 Å². The minimum absolute atomic E-state index is 0.00899. The number of hydrogen-bond donors (Lipinski definition) is 1. The fourth-order valence-electron chi connectivity index (χ4n) is 1.36. The lowest BCUT2D eigenvalue weighted by Gasteiger charge is -2.23. The third kappa shape index (κ3) is 1.94. The topological polar surface area (TPSA) is 71.7 Å². The van der Waals surface area contributed by atoms with Crippen LogP contribution >= 0.6 is 0 Å². The van der Waals surface area contributed by atoms with Gasteiger partial charge in [0.25, 0.3) is 5.79 Å². The summed E-state index contributed by atoms with van der Waals surface area (Å²) >= 11 is 0. The first-order valence-corrected chi connectivity index (χ1v) is 4.52. The molecular weight excluding hydrogens is 210 g/mol. The quantitative estimate of drug-likeness (QED) is 0.780. The van der Waals surface area contributed by atoms with Crippen molar-refractivity contribution < 1.29 is 19.3 Å². The molecule has 5 heteroatoms. The number of phenols is 1. The van der Waals surface area contributed by atoms with Gasteiger partial charge in [-0.1, -0.05) is 0 Å². The molecule has 0 atom stereocenters. The molecule has 16 heavy (non-hydrogen) atoms. The average Bonchev–Trinajstić information content (AvgIpc) is 2.33. The van der Waals surface area contributed by atoms with Crippen molar-refractivity contribution in [2.45, 2.75) is 5.79 Å². The number of nitriles is 1. The maximum Gasteiger partial charge on any atom is 0.286 e. The van der Waals surface area contributed by atoms with Crippen molar-refractivity contribution in [3.05, 3.63) is 23.8 Å². The first-order chi connectivity index (χ1) is 7.63. The molecule has 0 aliphatic carbocycles. The van der Waals surface area contributed by atoms with Gasteiger partial charge in [-0.25, -0.2) is 0 Å². The predicted octanol–water partition coefficient (Wildman–Crippen LogP) is 1.37. The van der Waals surface area contributed by atoms with Crippen LogP contribution in [-0.4, -0.2) is 26.4 Å². The summed E-state index contributed by atoms with van der Waals surface area (Å²) < 4.78 is 15.0. The van der Waals surface area contributed by atoms with Gasteiger partial charge in [-0.15, -0.1) is 0 Å². The Morgan fingerprint density at radius 1 is 1.25 bits per heavy atom. The van der Waals surface area contributed by atoms with Crippen molar-refractivity contribution in [1.29, 1.82) is 5.26 Å². The van der Waals surface area contributed by atoms with Gasteiger partial charge in [-0.3, -0.25) is 0 Å². The zero-order chi connectivity index (χ0) is 12.2. The van der Waals surface area contributed by atoms with Gasteiger partial charge in [-0.05, 0) is 18.2 Å². The van der Waals surface area contributed by atoms with Crippen molar-refractivity contribution >= 4 is 0 Å². The molecule has 0 heterocycles. The number of benzene rings is 1. The van der Waals surface area contributed by atoms with Crippen LogP contribution in [0.15, 0.2) is 18.2 Å². The molecule has 86 valence electrons. The molecule has 0 unspecified atom stereocenters. The highest BCUT2D eigenvalue weighted by Crippen LogP contribution is 2.33. The Morgan fingerprint density at radius 2 is 1.88 bits per heavy atom. The Hall–Kier alpha value is -1.77. The largest absolute Gasteiger partial charge is 0.504 e. The van der Waals surface area contributed by atoms with Gasteiger partial charge in [0, 0.05) is 19.8 Å². The Morgan fingerprint density at radius 3 is 2.31 bits per heavy atom. The smallest absolute Gasteiger partial charge is 0.286 e. The first kappa shape index (κ1) is 12.3. The Balaban J connectivity index is 3.27. The highest BCUT2D eigenvalue weighted by molar-refractivity contribution is 5.44. The second kappa shape index (κ2) is 4.84. The van der Waals surface area contributed by atoms with E-state index in [9.17, 15) is 5.11 Å².